The summed E-state index contributed by atoms with van der Waals surface area (Å²) in [5, 5.41) is 4.90. The van der Waals surface area contributed by atoms with E-state index in [1.165, 1.54) is 32.7 Å². The Morgan fingerprint density at radius 3 is 1.98 bits per heavy atom. The quantitative estimate of drug-likeness (QED) is 0.211. The molecule has 43 heavy (non-hydrogen) atoms. The summed E-state index contributed by atoms with van der Waals surface area (Å²) in [4.78, 5) is 4.52. The highest BCUT2D eigenvalue weighted by Gasteiger charge is 2.17. The van der Waals surface area contributed by atoms with Crippen molar-refractivity contribution in [1.29, 1.82) is 0 Å². The highest BCUT2D eigenvalue weighted by molar-refractivity contribution is 6.00. The number of nitrogens with zero attached hydrogens (tertiary/aromatic N) is 2. The minimum absolute atomic E-state index is 0.854. The van der Waals surface area contributed by atoms with Crippen LogP contribution in [0.2, 0.25) is 0 Å². The molecular weight excluding hydrogens is 524 g/mol. The first-order valence-electron chi connectivity index (χ1n) is 14.5. The van der Waals surface area contributed by atoms with Gasteiger partial charge in [0.1, 0.15) is 6.26 Å². The fraction of sp³-hybridized carbons (Fsp3) is 0. The number of hydrogen-bond donors (Lipinski definition) is 0. The van der Waals surface area contributed by atoms with E-state index < -0.39 is 0 Å². The Bertz CT molecular complexity index is 2110. The number of hydrogen-bond acceptors (Lipinski definition) is 3. The lowest BCUT2D eigenvalue weighted by Crippen LogP contribution is -2.13. The van der Waals surface area contributed by atoms with Gasteiger partial charge in [-0.1, -0.05) is 103 Å². The van der Waals surface area contributed by atoms with Gasteiger partial charge in [-0.3, -0.25) is 0 Å². The molecule has 1 aliphatic rings. The fourth-order valence-corrected chi connectivity index (χ4v) is 5.99. The van der Waals surface area contributed by atoms with Crippen LogP contribution in [0.15, 0.2) is 170 Å². The minimum Gasteiger partial charge on any atom is -0.461 e. The van der Waals surface area contributed by atoms with Crippen molar-refractivity contribution < 1.29 is 4.74 Å². The molecule has 3 heteroatoms. The molecule has 0 amide bonds. The lowest BCUT2D eigenvalue weighted by atomic mass is 10.0. The molecule has 0 spiro atoms. The molecule has 0 N–H and O–H groups in total. The molecule has 3 nitrogen and oxygen atoms in total. The molecule has 0 saturated heterocycles. The SMILES string of the molecule is C1=CN(c2ccc(-c3ccc(N(c4ccc5ccccc5c4)c4cccc5ccccc45)cc3)cc2)c2ccccc2O1. The number of para-hydroxylation sites is 2. The van der Waals surface area contributed by atoms with Crippen LogP contribution < -0.4 is 14.5 Å². The first-order chi connectivity index (χ1) is 21.3. The van der Waals surface area contributed by atoms with Crippen molar-refractivity contribution in [3.63, 3.8) is 0 Å². The van der Waals surface area contributed by atoms with Crippen LogP contribution in [-0.4, -0.2) is 0 Å². The molecule has 0 unspecified atom stereocenters. The molecule has 0 aliphatic carbocycles. The average Bonchev–Trinajstić information content (AvgIpc) is 3.09. The number of anilines is 5. The van der Waals surface area contributed by atoms with Crippen molar-refractivity contribution in [1.82, 2.24) is 0 Å². The number of ether oxygens (including phenoxy) is 1. The Morgan fingerprint density at radius 1 is 0.488 bits per heavy atom. The molecule has 1 aliphatic heterocycles. The van der Waals surface area contributed by atoms with Crippen molar-refractivity contribution in [3.8, 4) is 16.9 Å². The van der Waals surface area contributed by atoms with Gasteiger partial charge >= 0.3 is 0 Å². The highest BCUT2D eigenvalue weighted by Crippen LogP contribution is 2.41. The van der Waals surface area contributed by atoms with Crippen LogP contribution in [0.3, 0.4) is 0 Å². The third-order valence-corrected chi connectivity index (χ3v) is 8.13. The smallest absolute Gasteiger partial charge is 0.150 e. The molecule has 0 aromatic heterocycles. The maximum atomic E-state index is 5.68. The van der Waals surface area contributed by atoms with Gasteiger partial charge in [0.15, 0.2) is 5.75 Å². The second kappa shape index (κ2) is 10.6. The molecule has 1 heterocycles. The normalized spacial score (nSPS) is 12.2. The van der Waals surface area contributed by atoms with Crippen molar-refractivity contribution in [2.45, 2.75) is 0 Å². The molecule has 8 rings (SSSR count). The predicted molar refractivity (Wildman–Crippen MR) is 180 cm³/mol. The molecule has 0 fully saturated rings. The van der Waals surface area contributed by atoms with Gasteiger partial charge in [0.25, 0.3) is 0 Å². The predicted octanol–water partition coefficient (Wildman–Crippen LogP) is 11.1. The van der Waals surface area contributed by atoms with E-state index in [0.717, 1.165) is 34.2 Å². The van der Waals surface area contributed by atoms with Gasteiger partial charge in [0, 0.05) is 28.6 Å². The van der Waals surface area contributed by atoms with Crippen molar-refractivity contribution in [2.75, 3.05) is 9.80 Å². The Balaban J connectivity index is 1.17. The number of rotatable bonds is 5. The Labute approximate surface area is 251 Å². The summed E-state index contributed by atoms with van der Waals surface area (Å²) in [6.45, 7) is 0. The standard InChI is InChI=1S/C40H28N2O/c1-2-10-33-28-36(25-20-29(33)8-1)42(38-14-7-11-32-9-3-4-12-37(32)38)35-23-18-31(19-24-35)30-16-21-34(22-17-30)41-26-27-43-40-15-6-5-13-39(40)41/h1-28H. The van der Waals surface area contributed by atoms with Crippen LogP contribution >= 0.6 is 0 Å². The molecule has 204 valence electrons. The summed E-state index contributed by atoms with van der Waals surface area (Å²) in [5.74, 6) is 0.854. The average molecular weight is 553 g/mol. The molecule has 7 aromatic rings. The molecule has 0 saturated carbocycles. The zero-order chi connectivity index (χ0) is 28.6. The van der Waals surface area contributed by atoms with Gasteiger partial charge in [-0.15, -0.1) is 0 Å². The summed E-state index contributed by atoms with van der Waals surface area (Å²) in [5.41, 5.74) is 7.86. The van der Waals surface area contributed by atoms with Crippen LogP contribution in [-0.2, 0) is 0 Å². The van der Waals surface area contributed by atoms with Crippen LogP contribution in [0, 0.1) is 0 Å². The second-order valence-corrected chi connectivity index (χ2v) is 10.7. The number of fused-ring (bicyclic) bond motifs is 3. The van der Waals surface area contributed by atoms with E-state index >= 15 is 0 Å². The third kappa shape index (κ3) is 4.58. The van der Waals surface area contributed by atoms with E-state index in [0.29, 0.717) is 0 Å². The summed E-state index contributed by atoms with van der Waals surface area (Å²) in [7, 11) is 0. The number of benzene rings is 7. The Kier molecular flexibility index (Phi) is 6.12. The van der Waals surface area contributed by atoms with Gasteiger partial charge in [0.2, 0.25) is 0 Å². The zero-order valence-corrected chi connectivity index (χ0v) is 23.5. The summed E-state index contributed by atoms with van der Waals surface area (Å²) in [6.07, 6.45) is 3.69. The van der Waals surface area contributed by atoms with Gasteiger partial charge < -0.3 is 14.5 Å². The Morgan fingerprint density at radius 2 is 1.14 bits per heavy atom. The maximum Gasteiger partial charge on any atom is 0.150 e. The second-order valence-electron chi connectivity index (χ2n) is 10.7. The molecule has 0 bridgehead atoms. The van der Waals surface area contributed by atoms with E-state index in [1.54, 1.807) is 6.26 Å². The van der Waals surface area contributed by atoms with E-state index in [1.807, 2.05) is 24.4 Å². The molecular formula is C40H28N2O. The topological polar surface area (TPSA) is 15.7 Å². The van der Waals surface area contributed by atoms with Crippen LogP contribution in [0.5, 0.6) is 5.75 Å². The minimum atomic E-state index is 0.854. The zero-order valence-electron chi connectivity index (χ0n) is 23.5. The van der Waals surface area contributed by atoms with Crippen LogP contribution in [0.1, 0.15) is 0 Å². The van der Waals surface area contributed by atoms with Crippen molar-refractivity contribution >= 4 is 50.0 Å². The van der Waals surface area contributed by atoms with E-state index in [4.69, 9.17) is 4.74 Å². The summed E-state index contributed by atoms with van der Waals surface area (Å²) >= 11 is 0. The van der Waals surface area contributed by atoms with Crippen LogP contribution in [0.4, 0.5) is 28.4 Å². The molecule has 0 atom stereocenters. The fourth-order valence-electron chi connectivity index (χ4n) is 5.99. The van der Waals surface area contributed by atoms with E-state index in [9.17, 15) is 0 Å². The van der Waals surface area contributed by atoms with E-state index in [2.05, 4.69) is 149 Å². The lowest BCUT2D eigenvalue weighted by Gasteiger charge is -2.27. The third-order valence-electron chi connectivity index (χ3n) is 8.13. The van der Waals surface area contributed by atoms with Gasteiger partial charge in [-0.05, 0) is 81.9 Å². The first kappa shape index (κ1) is 25.0. The first-order valence-corrected chi connectivity index (χ1v) is 14.5. The van der Waals surface area contributed by atoms with Crippen molar-refractivity contribution in [3.05, 3.63) is 170 Å². The molecule has 7 aromatic carbocycles. The maximum absolute atomic E-state index is 5.68. The lowest BCUT2D eigenvalue weighted by molar-refractivity contribution is 0.473. The van der Waals surface area contributed by atoms with Gasteiger partial charge in [-0.25, -0.2) is 0 Å². The summed E-state index contributed by atoms with van der Waals surface area (Å²) in [6, 6.07) is 56.0. The van der Waals surface area contributed by atoms with Crippen molar-refractivity contribution in [2.24, 2.45) is 0 Å². The van der Waals surface area contributed by atoms with E-state index in [-0.39, 0.29) is 0 Å². The summed E-state index contributed by atoms with van der Waals surface area (Å²) < 4.78 is 5.68. The Hall–Kier alpha value is -5.80. The van der Waals surface area contributed by atoms with Gasteiger partial charge in [-0.2, -0.15) is 0 Å². The monoisotopic (exact) mass is 552 g/mol. The molecule has 0 radical (unpaired) electrons. The van der Waals surface area contributed by atoms with Gasteiger partial charge in [0.05, 0.1) is 11.4 Å². The highest BCUT2D eigenvalue weighted by atomic mass is 16.5. The largest absolute Gasteiger partial charge is 0.461 e. The van der Waals surface area contributed by atoms with Crippen LogP contribution in [0.25, 0.3) is 32.7 Å².